The summed E-state index contributed by atoms with van der Waals surface area (Å²) >= 11 is 1.44. The third kappa shape index (κ3) is 5.06. The summed E-state index contributed by atoms with van der Waals surface area (Å²) < 4.78 is 11.3. The first kappa shape index (κ1) is 22.1. The summed E-state index contributed by atoms with van der Waals surface area (Å²) in [6.07, 6.45) is 4.44. The van der Waals surface area contributed by atoms with Crippen LogP contribution >= 0.6 is 11.3 Å². The van der Waals surface area contributed by atoms with Gasteiger partial charge < -0.3 is 14.9 Å². The summed E-state index contributed by atoms with van der Waals surface area (Å²) in [5.74, 6) is 0.418. The molecule has 168 valence electrons. The van der Waals surface area contributed by atoms with Crippen molar-refractivity contribution in [1.82, 2.24) is 14.8 Å². The van der Waals surface area contributed by atoms with Gasteiger partial charge in [0, 0.05) is 44.4 Å². The average molecular weight is 447 g/mol. The Kier molecular flexibility index (Phi) is 6.86. The van der Waals surface area contributed by atoms with E-state index in [1.807, 2.05) is 12.1 Å². The Hall–Kier alpha value is -2.07. The predicted octanol–water partition coefficient (Wildman–Crippen LogP) is 2.64. The molecule has 2 saturated heterocycles. The third-order valence-electron chi connectivity index (χ3n) is 6.18. The van der Waals surface area contributed by atoms with Crippen molar-refractivity contribution < 1.29 is 18.7 Å². The number of nitrogens with two attached hydrogens (primary N) is 1. The summed E-state index contributed by atoms with van der Waals surface area (Å²) in [4.78, 5) is 34.5. The number of ketones is 1. The van der Waals surface area contributed by atoms with Gasteiger partial charge in [0.25, 0.3) is 0 Å². The molecule has 2 aliphatic rings. The molecule has 3 atom stereocenters. The van der Waals surface area contributed by atoms with Gasteiger partial charge in [-0.05, 0) is 38.8 Å². The van der Waals surface area contributed by atoms with Crippen LogP contribution in [0.5, 0.6) is 0 Å². The minimum absolute atomic E-state index is 0.0410. The molecule has 0 bridgehead atoms. The number of hydrogen-bond acceptors (Lipinski definition) is 8. The Bertz CT molecular complexity index is 897. The van der Waals surface area contributed by atoms with Gasteiger partial charge in [0.2, 0.25) is 5.91 Å². The Morgan fingerprint density at radius 3 is 2.90 bits per heavy atom. The summed E-state index contributed by atoms with van der Waals surface area (Å²) in [5.41, 5.74) is 5.48. The molecule has 2 N–H and O–H groups in total. The lowest BCUT2D eigenvalue weighted by Gasteiger charge is -2.41. The smallest absolute Gasteiger partial charge is 0.231 e. The maximum Gasteiger partial charge on any atom is 0.231 e. The first-order chi connectivity index (χ1) is 14.9. The average Bonchev–Trinajstić information content (AvgIpc) is 3.45. The molecule has 4 heterocycles. The van der Waals surface area contributed by atoms with E-state index in [1.54, 1.807) is 12.5 Å². The number of carbonyl (C=O) groups excluding carboxylic acids is 2. The van der Waals surface area contributed by atoms with E-state index in [0.29, 0.717) is 30.4 Å². The molecule has 31 heavy (non-hydrogen) atoms. The van der Waals surface area contributed by atoms with Crippen molar-refractivity contribution in [2.45, 2.75) is 44.9 Å². The molecule has 0 radical (unpaired) electrons. The number of furan rings is 1. The fraction of sp³-hybridized carbons (Fsp3) is 0.591. The monoisotopic (exact) mass is 446 g/mol. The van der Waals surface area contributed by atoms with E-state index >= 15 is 0 Å². The van der Waals surface area contributed by atoms with Crippen molar-refractivity contribution in [2.75, 3.05) is 32.8 Å². The number of primary amides is 1. The zero-order valence-corrected chi connectivity index (χ0v) is 18.8. The van der Waals surface area contributed by atoms with Gasteiger partial charge in [-0.2, -0.15) is 0 Å². The van der Waals surface area contributed by atoms with Gasteiger partial charge in [-0.1, -0.05) is 0 Å². The largest absolute Gasteiger partial charge is 0.467 e. The van der Waals surface area contributed by atoms with Crippen LogP contribution in [0.1, 0.15) is 59.3 Å². The lowest BCUT2D eigenvalue weighted by molar-refractivity contribution is -0.120. The SMILES string of the molecule is CC(C)N1CCN(CC(N)=O)C(c2ncc(C(=O)C3CCOC(c4ccco4)C3)s2)C1. The van der Waals surface area contributed by atoms with Gasteiger partial charge in [0.15, 0.2) is 5.78 Å². The Labute approximate surface area is 186 Å². The van der Waals surface area contributed by atoms with E-state index in [9.17, 15) is 9.59 Å². The standard InChI is InChI=1S/C22H30N4O4S/c1-14(2)25-6-7-26(13-20(23)27)16(12-25)22-24-11-19(31-22)21(28)15-5-9-30-18(10-15)17-4-3-8-29-17/h3-4,8,11,14-16,18H,5-7,9-10,12-13H2,1-2H3,(H2,23,27). The molecule has 4 rings (SSSR count). The highest BCUT2D eigenvalue weighted by atomic mass is 32.1. The number of amides is 1. The molecule has 0 saturated carbocycles. The van der Waals surface area contributed by atoms with E-state index in [-0.39, 0.29) is 36.3 Å². The van der Waals surface area contributed by atoms with Crippen molar-refractivity contribution in [3.05, 3.63) is 40.2 Å². The molecule has 9 heteroatoms. The fourth-order valence-corrected chi connectivity index (χ4v) is 5.46. The van der Waals surface area contributed by atoms with Crippen LogP contribution in [0.4, 0.5) is 0 Å². The van der Waals surface area contributed by atoms with Crippen molar-refractivity contribution in [1.29, 1.82) is 0 Å². The van der Waals surface area contributed by atoms with Crippen molar-refractivity contribution in [3.8, 4) is 0 Å². The number of aromatic nitrogens is 1. The highest BCUT2D eigenvalue weighted by Crippen LogP contribution is 2.36. The van der Waals surface area contributed by atoms with Crippen LogP contribution in [-0.2, 0) is 9.53 Å². The minimum Gasteiger partial charge on any atom is -0.467 e. The number of ether oxygens (including phenoxy) is 1. The van der Waals surface area contributed by atoms with Crippen LogP contribution in [0, 0.1) is 5.92 Å². The second kappa shape index (κ2) is 9.60. The number of nitrogens with zero attached hydrogens (tertiary/aromatic N) is 3. The summed E-state index contributed by atoms with van der Waals surface area (Å²) in [6, 6.07) is 4.09. The molecule has 2 aromatic rings. The first-order valence-electron chi connectivity index (χ1n) is 10.8. The molecule has 0 aliphatic carbocycles. The zero-order valence-electron chi connectivity index (χ0n) is 18.0. The number of rotatable bonds is 7. The Morgan fingerprint density at radius 1 is 1.35 bits per heavy atom. The van der Waals surface area contributed by atoms with Crippen molar-refractivity contribution in [2.24, 2.45) is 11.7 Å². The van der Waals surface area contributed by atoms with Crippen LogP contribution in [0.2, 0.25) is 0 Å². The number of hydrogen-bond donors (Lipinski definition) is 1. The number of piperazine rings is 1. The van der Waals surface area contributed by atoms with Gasteiger partial charge in [-0.3, -0.25) is 19.4 Å². The van der Waals surface area contributed by atoms with Gasteiger partial charge in [0.05, 0.1) is 23.7 Å². The molecule has 2 aromatic heterocycles. The number of Topliss-reactive ketones (excluding diaryl/α,β-unsaturated/α-hetero) is 1. The molecular formula is C22H30N4O4S. The molecule has 8 nitrogen and oxygen atoms in total. The predicted molar refractivity (Wildman–Crippen MR) is 117 cm³/mol. The summed E-state index contributed by atoms with van der Waals surface area (Å²) in [5, 5.41) is 0.865. The lowest BCUT2D eigenvalue weighted by Crippen LogP contribution is -2.52. The summed E-state index contributed by atoms with van der Waals surface area (Å²) in [7, 11) is 0. The number of thiazole rings is 1. The van der Waals surface area contributed by atoms with Gasteiger partial charge in [-0.15, -0.1) is 11.3 Å². The maximum atomic E-state index is 13.2. The lowest BCUT2D eigenvalue weighted by atomic mass is 9.90. The van der Waals surface area contributed by atoms with Gasteiger partial charge >= 0.3 is 0 Å². The first-order valence-corrected chi connectivity index (χ1v) is 11.7. The number of carbonyl (C=O) groups is 2. The topological polar surface area (TPSA) is 102 Å². The van der Waals surface area contributed by atoms with Crippen LogP contribution in [0.3, 0.4) is 0 Å². The highest BCUT2D eigenvalue weighted by molar-refractivity contribution is 7.13. The van der Waals surface area contributed by atoms with E-state index in [1.165, 1.54) is 11.3 Å². The molecule has 0 spiro atoms. The van der Waals surface area contributed by atoms with E-state index < -0.39 is 0 Å². The molecule has 0 aromatic carbocycles. The molecule has 2 aliphatic heterocycles. The van der Waals surface area contributed by atoms with Crippen molar-refractivity contribution in [3.63, 3.8) is 0 Å². The van der Waals surface area contributed by atoms with E-state index in [0.717, 1.165) is 30.4 Å². The molecule has 1 amide bonds. The zero-order chi connectivity index (χ0) is 22.0. The van der Waals surface area contributed by atoms with Crippen LogP contribution in [0.15, 0.2) is 29.0 Å². The van der Waals surface area contributed by atoms with Gasteiger partial charge in [-0.25, -0.2) is 4.98 Å². The normalized spacial score (nSPS) is 25.7. The molecular weight excluding hydrogens is 416 g/mol. The molecule has 3 unspecified atom stereocenters. The Morgan fingerprint density at radius 2 is 2.19 bits per heavy atom. The fourth-order valence-electron chi connectivity index (χ4n) is 4.40. The van der Waals surface area contributed by atoms with Gasteiger partial charge in [0.1, 0.15) is 16.9 Å². The summed E-state index contributed by atoms with van der Waals surface area (Å²) in [6.45, 7) is 7.46. The highest BCUT2D eigenvalue weighted by Gasteiger charge is 2.35. The van der Waals surface area contributed by atoms with Crippen LogP contribution in [-0.4, -0.2) is 65.3 Å². The van der Waals surface area contributed by atoms with E-state index in [2.05, 4.69) is 28.6 Å². The van der Waals surface area contributed by atoms with Crippen LogP contribution in [0.25, 0.3) is 0 Å². The van der Waals surface area contributed by atoms with Crippen molar-refractivity contribution >= 4 is 23.0 Å². The third-order valence-corrected chi connectivity index (χ3v) is 7.29. The second-order valence-electron chi connectivity index (χ2n) is 8.56. The minimum atomic E-state index is -0.345. The maximum absolute atomic E-state index is 13.2. The molecule has 2 fully saturated rings. The second-order valence-corrected chi connectivity index (χ2v) is 9.63. The van der Waals surface area contributed by atoms with Crippen LogP contribution < -0.4 is 5.73 Å². The Balaban J connectivity index is 1.48. The van der Waals surface area contributed by atoms with E-state index in [4.69, 9.17) is 14.9 Å². The quantitative estimate of drug-likeness (QED) is 0.652.